The Labute approximate surface area is 139 Å². The molecule has 0 spiro atoms. The maximum Gasteiger partial charge on any atom is 0.263 e. The van der Waals surface area contributed by atoms with Crippen molar-refractivity contribution in [3.63, 3.8) is 0 Å². The zero-order valence-electron chi connectivity index (χ0n) is 9.70. The Morgan fingerprint density at radius 2 is 1.75 bits per heavy atom. The van der Waals surface area contributed by atoms with Crippen molar-refractivity contribution in [2.45, 2.75) is 4.90 Å². The molecule has 2 rings (SSSR count). The van der Waals surface area contributed by atoms with Crippen LogP contribution in [0.15, 0.2) is 41.3 Å². The van der Waals surface area contributed by atoms with Crippen molar-refractivity contribution in [1.29, 1.82) is 0 Å². The number of anilines is 1. The van der Waals surface area contributed by atoms with Gasteiger partial charge in [0.15, 0.2) is 5.82 Å². The fourth-order valence-corrected chi connectivity index (χ4v) is 3.99. The van der Waals surface area contributed by atoms with Gasteiger partial charge in [0.05, 0.1) is 15.7 Å². The van der Waals surface area contributed by atoms with Crippen molar-refractivity contribution < 1.29 is 12.8 Å². The Bertz CT molecular complexity index is 768. The Balaban J connectivity index is 2.47. The molecule has 106 valence electrons. The fourth-order valence-electron chi connectivity index (χ4n) is 1.46. The molecule has 0 saturated heterocycles. The highest BCUT2D eigenvalue weighted by Crippen LogP contribution is 2.31. The van der Waals surface area contributed by atoms with Crippen LogP contribution in [-0.4, -0.2) is 8.42 Å². The Morgan fingerprint density at radius 1 is 1.10 bits per heavy atom. The lowest BCUT2D eigenvalue weighted by Gasteiger charge is -2.11. The summed E-state index contributed by atoms with van der Waals surface area (Å²) >= 11 is 13.2. The standard InChI is InChI=1S/C12H7Cl2FINO2S/c13-7-5-6-10(11(14)12(7)15)20(18,19)17-9-4-2-1-3-8(9)16/h1-6,17H. The van der Waals surface area contributed by atoms with Crippen molar-refractivity contribution in [2.75, 3.05) is 4.72 Å². The monoisotopic (exact) mass is 445 g/mol. The van der Waals surface area contributed by atoms with Crippen LogP contribution in [0.3, 0.4) is 0 Å². The molecule has 20 heavy (non-hydrogen) atoms. The van der Waals surface area contributed by atoms with Gasteiger partial charge in [-0.15, -0.1) is 0 Å². The highest BCUT2D eigenvalue weighted by Gasteiger charge is 2.22. The van der Waals surface area contributed by atoms with Crippen LogP contribution in [-0.2, 0) is 10.0 Å². The Morgan fingerprint density at radius 3 is 2.40 bits per heavy atom. The second kappa shape index (κ2) is 6.05. The third-order valence-electron chi connectivity index (χ3n) is 2.41. The predicted octanol–water partition coefficient (Wildman–Crippen LogP) is 4.54. The minimum Gasteiger partial charge on any atom is -0.279 e. The van der Waals surface area contributed by atoms with E-state index in [1.165, 1.54) is 0 Å². The lowest BCUT2D eigenvalue weighted by molar-refractivity contribution is 0.595. The molecule has 0 aliphatic carbocycles. The van der Waals surface area contributed by atoms with Gasteiger partial charge in [-0.25, -0.2) is 12.8 Å². The van der Waals surface area contributed by atoms with E-state index in [0.717, 1.165) is 12.1 Å². The average molecular weight is 446 g/mol. The van der Waals surface area contributed by atoms with Crippen LogP contribution in [0.2, 0.25) is 10.0 Å². The summed E-state index contributed by atoms with van der Waals surface area (Å²) in [6.45, 7) is 0. The number of benzene rings is 2. The van der Waals surface area contributed by atoms with E-state index in [9.17, 15) is 12.8 Å². The van der Waals surface area contributed by atoms with Gasteiger partial charge in [0, 0.05) is 3.57 Å². The number of hydrogen-bond donors (Lipinski definition) is 1. The van der Waals surface area contributed by atoms with Gasteiger partial charge in [0.25, 0.3) is 10.0 Å². The summed E-state index contributed by atoms with van der Waals surface area (Å²) in [5.41, 5.74) is 0.388. The van der Waals surface area contributed by atoms with Crippen LogP contribution in [0.5, 0.6) is 0 Å². The molecule has 0 aliphatic heterocycles. The van der Waals surface area contributed by atoms with Gasteiger partial charge >= 0.3 is 0 Å². The first-order valence-corrected chi connectivity index (χ1v) is 8.55. The minimum absolute atomic E-state index is 0.233. The van der Waals surface area contributed by atoms with Crippen LogP contribution in [0, 0.1) is 9.39 Å². The molecule has 0 bridgehead atoms. The summed E-state index contributed by atoms with van der Waals surface area (Å²) < 4.78 is 41.1. The van der Waals surface area contributed by atoms with E-state index in [1.54, 1.807) is 24.3 Å². The van der Waals surface area contributed by atoms with E-state index in [2.05, 4.69) is 4.72 Å². The first kappa shape index (κ1) is 15.8. The summed E-state index contributed by atoms with van der Waals surface area (Å²) in [7, 11) is -3.99. The molecule has 8 heteroatoms. The average Bonchev–Trinajstić information content (AvgIpc) is 2.38. The van der Waals surface area contributed by atoms with E-state index in [0.29, 0.717) is 9.26 Å². The van der Waals surface area contributed by atoms with E-state index < -0.39 is 20.9 Å². The molecule has 0 aliphatic rings. The SMILES string of the molecule is O=S(=O)(Nc1ccccc1I)c1ccc(Cl)c(F)c1Cl. The fraction of sp³-hybridized carbons (Fsp3) is 0. The first-order chi connectivity index (χ1) is 9.33. The normalized spacial score (nSPS) is 11.4. The molecule has 3 nitrogen and oxygen atoms in total. The van der Waals surface area contributed by atoms with Gasteiger partial charge in [-0.05, 0) is 46.9 Å². The molecule has 0 radical (unpaired) electrons. The summed E-state index contributed by atoms with van der Waals surface area (Å²) in [6.07, 6.45) is 0. The summed E-state index contributed by atoms with van der Waals surface area (Å²) in [4.78, 5) is -0.360. The molecule has 2 aromatic carbocycles. The summed E-state index contributed by atoms with van der Waals surface area (Å²) in [6, 6.07) is 9.10. The predicted molar refractivity (Wildman–Crippen MR) is 86.4 cm³/mol. The van der Waals surface area contributed by atoms with Gasteiger partial charge < -0.3 is 0 Å². The molecule has 0 saturated carbocycles. The van der Waals surface area contributed by atoms with Gasteiger partial charge in [-0.1, -0.05) is 35.3 Å². The number of halogens is 4. The van der Waals surface area contributed by atoms with Crippen LogP contribution in [0.25, 0.3) is 0 Å². The smallest absolute Gasteiger partial charge is 0.263 e. The van der Waals surface area contributed by atoms with Gasteiger partial charge in [-0.3, -0.25) is 4.72 Å². The zero-order valence-corrected chi connectivity index (χ0v) is 14.2. The van der Waals surface area contributed by atoms with Crippen LogP contribution in [0.1, 0.15) is 0 Å². The van der Waals surface area contributed by atoms with Crippen LogP contribution in [0.4, 0.5) is 10.1 Å². The van der Waals surface area contributed by atoms with E-state index in [4.69, 9.17) is 23.2 Å². The van der Waals surface area contributed by atoms with Gasteiger partial charge in [0.1, 0.15) is 4.90 Å². The molecule has 0 amide bonds. The van der Waals surface area contributed by atoms with Crippen molar-refractivity contribution in [2.24, 2.45) is 0 Å². The van der Waals surface area contributed by atoms with Gasteiger partial charge in [0.2, 0.25) is 0 Å². The van der Waals surface area contributed by atoms with E-state index in [-0.39, 0.29) is 9.92 Å². The van der Waals surface area contributed by atoms with Gasteiger partial charge in [-0.2, -0.15) is 0 Å². The molecular formula is C12H7Cl2FINO2S. The molecule has 2 aromatic rings. The molecule has 0 atom stereocenters. The van der Waals surface area contributed by atoms with Crippen molar-refractivity contribution >= 4 is 61.5 Å². The number of nitrogens with one attached hydrogen (secondary N) is 1. The maximum absolute atomic E-state index is 13.6. The third kappa shape index (κ3) is 3.19. The molecule has 0 aromatic heterocycles. The molecule has 0 unspecified atom stereocenters. The third-order valence-corrected chi connectivity index (χ3v) is 5.53. The second-order valence-corrected chi connectivity index (χ2v) is 7.36. The quantitative estimate of drug-likeness (QED) is 0.557. The molecule has 0 fully saturated rings. The van der Waals surface area contributed by atoms with Crippen molar-refractivity contribution in [3.8, 4) is 0 Å². The molecule has 1 N–H and O–H groups in total. The van der Waals surface area contributed by atoms with Crippen molar-refractivity contribution in [1.82, 2.24) is 0 Å². The topological polar surface area (TPSA) is 46.2 Å². The van der Waals surface area contributed by atoms with Crippen molar-refractivity contribution in [3.05, 3.63) is 55.8 Å². The first-order valence-electron chi connectivity index (χ1n) is 5.24. The van der Waals surface area contributed by atoms with Crippen LogP contribution < -0.4 is 4.72 Å². The molecular weight excluding hydrogens is 439 g/mol. The number of hydrogen-bond acceptors (Lipinski definition) is 2. The largest absolute Gasteiger partial charge is 0.279 e. The Hall–Kier alpha value is -0.570. The highest BCUT2D eigenvalue weighted by atomic mass is 127. The van der Waals surface area contributed by atoms with E-state index in [1.807, 2.05) is 22.6 Å². The maximum atomic E-state index is 13.6. The number of rotatable bonds is 3. The lowest BCUT2D eigenvalue weighted by Crippen LogP contribution is -2.14. The highest BCUT2D eigenvalue weighted by molar-refractivity contribution is 14.1. The second-order valence-electron chi connectivity index (χ2n) is 3.76. The number of para-hydroxylation sites is 1. The Kier molecular flexibility index (Phi) is 4.78. The summed E-state index contributed by atoms with van der Waals surface area (Å²) in [5.74, 6) is -0.959. The van der Waals surface area contributed by atoms with Crippen LogP contribution >= 0.6 is 45.8 Å². The number of sulfonamides is 1. The lowest BCUT2D eigenvalue weighted by atomic mass is 10.3. The summed E-state index contributed by atoms with van der Waals surface area (Å²) in [5, 5.41) is -0.765. The van der Waals surface area contributed by atoms with E-state index >= 15 is 0 Å². The minimum atomic E-state index is -3.99. The zero-order chi connectivity index (χ0) is 14.9. The molecule has 0 heterocycles.